The maximum absolute atomic E-state index is 12.3. The minimum Gasteiger partial charge on any atom is -0.472 e. The molecule has 2 aromatic rings. The van der Waals surface area contributed by atoms with Crippen molar-refractivity contribution < 1.29 is 13.9 Å². The van der Waals surface area contributed by atoms with Crippen LogP contribution in [0, 0.1) is 0 Å². The van der Waals surface area contributed by atoms with Gasteiger partial charge in [-0.2, -0.15) is 0 Å². The van der Waals surface area contributed by atoms with Gasteiger partial charge in [-0.3, -0.25) is 0 Å². The number of furan rings is 1. The molecule has 8 heteroatoms. The molecule has 1 aliphatic rings. The second-order valence-corrected chi connectivity index (χ2v) is 5.77. The Balaban J connectivity index is 1.61. The minimum absolute atomic E-state index is 0.119. The van der Waals surface area contributed by atoms with E-state index in [1.807, 2.05) is 31.1 Å². The van der Waals surface area contributed by atoms with Crippen molar-refractivity contribution in [1.29, 1.82) is 0 Å². The van der Waals surface area contributed by atoms with Crippen LogP contribution in [0.1, 0.15) is 17.4 Å². The fourth-order valence-electron chi connectivity index (χ4n) is 2.45. The van der Waals surface area contributed by atoms with Gasteiger partial charge in [-0.05, 0) is 12.1 Å². The van der Waals surface area contributed by atoms with Crippen molar-refractivity contribution >= 4 is 12.0 Å². The van der Waals surface area contributed by atoms with Crippen LogP contribution < -0.4 is 10.2 Å². The van der Waals surface area contributed by atoms with Crippen LogP contribution in [-0.2, 0) is 11.3 Å². The monoisotopic (exact) mass is 331 g/mol. The Morgan fingerprint density at radius 3 is 3.08 bits per heavy atom. The molecule has 3 heterocycles. The number of rotatable bonds is 4. The van der Waals surface area contributed by atoms with Crippen molar-refractivity contribution in [2.45, 2.75) is 12.6 Å². The lowest BCUT2D eigenvalue weighted by molar-refractivity contribution is -0.0176. The van der Waals surface area contributed by atoms with E-state index in [2.05, 4.69) is 15.3 Å². The van der Waals surface area contributed by atoms with E-state index < -0.39 is 0 Å². The number of nitrogens with zero attached hydrogens (tertiary/aromatic N) is 4. The average Bonchev–Trinajstić information content (AvgIpc) is 3.13. The quantitative estimate of drug-likeness (QED) is 0.912. The molecule has 3 rings (SSSR count). The topological polar surface area (TPSA) is 83.7 Å². The Hall–Kier alpha value is -2.61. The van der Waals surface area contributed by atoms with Gasteiger partial charge in [0.15, 0.2) is 0 Å². The Morgan fingerprint density at radius 2 is 2.33 bits per heavy atom. The molecule has 1 atom stereocenters. The molecule has 0 saturated carbocycles. The van der Waals surface area contributed by atoms with Crippen LogP contribution in [0.2, 0.25) is 0 Å². The standard InChI is InChI=1S/C16H21N5O3/c1-20(2)15-17-5-3-13(19-15)14-10-21(6-8-24-14)16(22)18-9-12-4-7-23-11-12/h3-5,7,11,14H,6,8-10H2,1-2H3,(H,18,22)/t14-/m1/s1. The second kappa shape index (κ2) is 7.31. The number of amides is 2. The average molecular weight is 331 g/mol. The number of anilines is 1. The van der Waals surface area contributed by atoms with E-state index in [-0.39, 0.29) is 12.1 Å². The third kappa shape index (κ3) is 3.83. The van der Waals surface area contributed by atoms with Crippen molar-refractivity contribution in [3.63, 3.8) is 0 Å². The van der Waals surface area contributed by atoms with Gasteiger partial charge in [-0.15, -0.1) is 0 Å². The fraction of sp³-hybridized carbons (Fsp3) is 0.438. The van der Waals surface area contributed by atoms with Gasteiger partial charge >= 0.3 is 6.03 Å². The second-order valence-electron chi connectivity index (χ2n) is 5.77. The molecule has 1 saturated heterocycles. The summed E-state index contributed by atoms with van der Waals surface area (Å²) in [6.07, 6.45) is 4.66. The number of morpholine rings is 1. The highest BCUT2D eigenvalue weighted by Gasteiger charge is 2.26. The molecule has 1 aliphatic heterocycles. The van der Waals surface area contributed by atoms with Crippen LogP contribution in [-0.4, -0.2) is 54.7 Å². The van der Waals surface area contributed by atoms with Crippen molar-refractivity contribution in [2.75, 3.05) is 38.7 Å². The molecule has 1 N–H and O–H groups in total. The third-order valence-corrected chi connectivity index (χ3v) is 3.77. The minimum atomic E-state index is -0.250. The van der Waals surface area contributed by atoms with Crippen molar-refractivity contribution in [2.24, 2.45) is 0 Å². The zero-order valence-corrected chi connectivity index (χ0v) is 13.8. The molecule has 0 spiro atoms. The molecule has 0 radical (unpaired) electrons. The number of hydrogen-bond donors (Lipinski definition) is 1. The van der Waals surface area contributed by atoms with Gasteiger partial charge in [0.05, 0.1) is 31.4 Å². The van der Waals surface area contributed by atoms with Crippen LogP contribution in [0.3, 0.4) is 0 Å². The Bertz CT molecular complexity index is 674. The zero-order valence-electron chi connectivity index (χ0n) is 13.8. The number of aromatic nitrogens is 2. The predicted octanol–water partition coefficient (Wildman–Crippen LogP) is 1.42. The van der Waals surface area contributed by atoms with Gasteiger partial charge in [0.1, 0.15) is 6.10 Å². The molecule has 8 nitrogen and oxygen atoms in total. The molecule has 1 fully saturated rings. The summed E-state index contributed by atoms with van der Waals surface area (Å²) in [6.45, 7) is 1.93. The number of hydrogen-bond acceptors (Lipinski definition) is 6. The lowest BCUT2D eigenvalue weighted by atomic mass is 10.2. The molecular weight excluding hydrogens is 310 g/mol. The maximum atomic E-state index is 12.3. The lowest BCUT2D eigenvalue weighted by Crippen LogP contribution is -2.47. The molecule has 24 heavy (non-hydrogen) atoms. The molecule has 0 aliphatic carbocycles. The number of urea groups is 1. The first-order valence-corrected chi connectivity index (χ1v) is 7.79. The molecule has 2 amide bonds. The number of carbonyl (C=O) groups is 1. The highest BCUT2D eigenvalue weighted by molar-refractivity contribution is 5.74. The van der Waals surface area contributed by atoms with E-state index >= 15 is 0 Å². The predicted molar refractivity (Wildman–Crippen MR) is 87.6 cm³/mol. The van der Waals surface area contributed by atoms with Crippen molar-refractivity contribution in [1.82, 2.24) is 20.2 Å². The van der Waals surface area contributed by atoms with Crippen LogP contribution in [0.5, 0.6) is 0 Å². The first kappa shape index (κ1) is 16.3. The largest absolute Gasteiger partial charge is 0.472 e. The normalized spacial score (nSPS) is 17.6. The first-order valence-electron chi connectivity index (χ1n) is 7.79. The van der Waals surface area contributed by atoms with Gasteiger partial charge in [0.25, 0.3) is 0 Å². The highest BCUT2D eigenvalue weighted by Crippen LogP contribution is 2.21. The summed E-state index contributed by atoms with van der Waals surface area (Å²) in [5.41, 5.74) is 1.71. The molecule has 0 bridgehead atoms. The van der Waals surface area contributed by atoms with Crippen LogP contribution >= 0.6 is 0 Å². The molecular formula is C16H21N5O3. The van der Waals surface area contributed by atoms with E-state index in [1.54, 1.807) is 23.6 Å². The Morgan fingerprint density at radius 1 is 1.46 bits per heavy atom. The summed E-state index contributed by atoms with van der Waals surface area (Å²) in [5.74, 6) is 0.623. The van der Waals surface area contributed by atoms with Crippen molar-refractivity contribution in [3.05, 3.63) is 42.1 Å². The van der Waals surface area contributed by atoms with Crippen LogP contribution in [0.4, 0.5) is 10.7 Å². The summed E-state index contributed by atoms with van der Waals surface area (Å²) in [5, 5.41) is 2.89. The SMILES string of the molecule is CN(C)c1nccc([C@H]2CN(C(=O)NCc3ccoc3)CCO2)n1. The van der Waals surface area contributed by atoms with E-state index in [0.29, 0.717) is 32.2 Å². The number of ether oxygens (including phenoxy) is 1. The van der Waals surface area contributed by atoms with Gasteiger partial charge < -0.3 is 24.3 Å². The molecule has 2 aromatic heterocycles. The van der Waals surface area contributed by atoms with Gasteiger partial charge in [0, 0.05) is 38.9 Å². The number of carbonyl (C=O) groups excluding carboxylic acids is 1. The van der Waals surface area contributed by atoms with E-state index in [1.165, 1.54) is 0 Å². The fourth-order valence-corrected chi connectivity index (χ4v) is 2.45. The lowest BCUT2D eigenvalue weighted by Gasteiger charge is -2.32. The highest BCUT2D eigenvalue weighted by atomic mass is 16.5. The summed E-state index contributed by atoms with van der Waals surface area (Å²) < 4.78 is 10.8. The van der Waals surface area contributed by atoms with Crippen LogP contribution in [0.15, 0.2) is 35.3 Å². The molecule has 128 valence electrons. The smallest absolute Gasteiger partial charge is 0.317 e. The van der Waals surface area contributed by atoms with Crippen molar-refractivity contribution in [3.8, 4) is 0 Å². The van der Waals surface area contributed by atoms with E-state index in [9.17, 15) is 4.79 Å². The summed E-state index contributed by atoms with van der Waals surface area (Å²) in [4.78, 5) is 24.6. The maximum Gasteiger partial charge on any atom is 0.317 e. The first-order chi connectivity index (χ1) is 11.6. The van der Waals surface area contributed by atoms with Gasteiger partial charge in [0.2, 0.25) is 5.95 Å². The number of nitrogens with one attached hydrogen (secondary N) is 1. The summed E-state index contributed by atoms with van der Waals surface area (Å²) in [7, 11) is 3.77. The van der Waals surface area contributed by atoms with Crippen LogP contribution in [0.25, 0.3) is 0 Å². The summed E-state index contributed by atoms with van der Waals surface area (Å²) >= 11 is 0. The van der Waals surface area contributed by atoms with Gasteiger partial charge in [-0.25, -0.2) is 14.8 Å². The van der Waals surface area contributed by atoms with Gasteiger partial charge in [-0.1, -0.05) is 0 Å². The summed E-state index contributed by atoms with van der Waals surface area (Å²) in [6, 6.07) is 3.53. The molecule has 0 aromatic carbocycles. The third-order valence-electron chi connectivity index (χ3n) is 3.77. The zero-order chi connectivity index (χ0) is 16.9. The van der Waals surface area contributed by atoms with E-state index in [0.717, 1.165) is 11.3 Å². The molecule has 0 unspecified atom stereocenters. The Kier molecular flexibility index (Phi) is 4.95. The van der Waals surface area contributed by atoms with E-state index in [4.69, 9.17) is 9.15 Å². The Labute approximate surface area is 140 Å².